The third kappa shape index (κ3) is 5.67. The van der Waals surface area contributed by atoms with Crippen molar-refractivity contribution in [2.24, 2.45) is 0 Å². The summed E-state index contributed by atoms with van der Waals surface area (Å²) in [7, 11) is 0. The van der Waals surface area contributed by atoms with Gasteiger partial charge in [0, 0.05) is 58.4 Å². The molecule has 4 aromatic heterocycles. The van der Waals surface area contributed by atoms with Crippen LogP contribution in [-0.4, -0.2) is 15.0 Å². The lowest BCUT2D eigenvalue weighted by Crippen LogP contribution is -2.00. The first-order valence-electron chi connectivity index (χ1n) is 21.7. The normalized spacial score (nSPS) is 12.0. The zero-order chi connectivity index (χ0) is 42.6. The molecule has 0 N–H and O–H groups in total. The third-order valence-corrected chi connectivity index (χ3v) is 14.2. The molecule has 14 aromatic rings. The summed E-state index contributed by atoms with van der Waals surface area (Å²) in [4.78, 5) is 15.6. The molecule has 0 atom stereocenters. The molecule has 0 aliphatic carbocycles. The van der Waals surface area contributed by atoms with Crippen molar-refractivity contribution in [3.63, 3.8) is 0 Å². The highest BCUT2D eigenvalue weighted by molar-refractivity contribution is 7.26. The van der Waals surface area contributed by atoms with Crippen LogP contribution in [0.4, 0.5) is 0 Å². The van der Waals surface area contributed by atoms with Crippen molar-refractivity contribution in [1.82, 2.24) is 15.0 Å². The van der Waals surface area contributed by atoms with Crippen molar-refractivity contribution >= 4 is 96.9 Å². The number of fused-ring (bicyclic) bond motifs is 11. The number of benzene rings is 10. The Kier molecular flexibility index (Phi) is 7.79. The molecule has 0 unspecified atom stereocenters. The van der Waals surface area contributed by atoms with Crippen LogP contribution in [0.15, 0.2) is 209 Å². The molecule has 10 aromatic carbocycles. The lowest BCUT2D eigenvalue weighted by atomic mass is 9.92. The summed E-state index contributed by atoms with van der Waals surface area (Å²) in [6.45, 7) is 0. The number of furan rings is 2. The van der Waals surface area contributed by atoms with Crippen LogP contribution in [0, 0.1) is 0 Å². The topological polar surface area (TPSA) is 65.0 Å². The van der Waals surface area contributed by atoms with E-state index in [0.29, 0.717) is 17.5 Å². The SMILES string of the molecule is c1ccc2cc(-c3nc(-c4ccc5c(c4)oc4ccccc45)nc(-c4cccc5c(-c6cccc7oc8cc(-c9cccc%10c9sc9ccccc9%10)ccc8c67)cccc45)n3)ccc2c1. The number of nitrogens with zero attached hydrogens (tertiary/aromatic N) is 3. The second-order valence-corrected chi connectivity index (χ2v) is 17.7. The van der Waals surface area contributed by atoms with E-state index < -0.39 is 0 Å². The highest BCUT2D eigenvalue weighted by Gasteiger charge is 2.20. The number of hydrogen-bond donors (Lipinski definition) is 0. The fourth-order valence-corrected chi connectivity index (χ4v) is 11.1. The summed E-state index contributed by atoms with van der Waals surface area (Å²) in [5, 5.41) is 11.3. The van der Waals surface area contributed by atoms with E-state index in [4.69, 9.17) is 23.8 Å². The van der Waals surface area contributed by atoms with Crippen LogP contribution in [0.3, 0.4) is 0 Å². The Morgan fingerprint density at radius 3 is 1.75 bits per heavy atom. The van der Waals surface area contributed by atoms with Gasteiger partial charge in [-0.2, -0.15) is 0 Å². The van der Waals surface area contributed by atoms with Crippen LogP contribution in [0.1, 0.15) is 0 Å². The van der Waals surface area contributed by atoms with Gasteiger partial charge in [-0.25, -0.2) is 15.0 Å². The fraction of sp³-hybridized carbons (Fsp3) is 0. The van der Waals surface area contributed by atoms with Crippen LogP contribution in [0.25, 0.3) is 142 Å². The second-order valence-electron chi connectivity index (χ2n) is 16.7. The van der Waals surface area contributed by atoms with Crippen molar-refractivity contribution in [2.75, 3.05) is 0 Å². The zero-order valence-electron chi connectivity index (χ0n) is 34.6. The van der Waals surface area contributed by atoms with Gasteiger partial charge in [0.1, 0.15) is 22.3 Å². The maximum Gasteiger partial charge on any atom is 0.164 e. The van der Waals surface area contributed by atoms with E-state index in [1.54, 1.807) is 0 Å². The first-order chi connectivity index (χ1) is 32.2. The van der Waals surface area contributed by atoms with E-state index in [1.165, 1.54) is 25.7 Å². The molecular formula is C59H33N3O2S. The zero-order valence-corrected chi connectivity index (χ0v) is 35.4. The molecular weight excluding hydrogens is 815 g/mol. The van der Waals surface area contributed by atoms with E-state index in [0.717, 1.165) is 98.8 Å². The van der Waals surface area contributed by atoms with Gasteiger partial charge < -0.3 is 8.83 Å². The van der Waals surface area contributed by atoms with Gasteiger partial charge in [-0.15, -0.1) is 11.3 Å². The van der Waals surface area contributed by atoms with Crippen molar-refractivity contribution < 1.29 is 8.83 Å². The van der Waals surface area contributed by atoms with Crippen LogP contribution >= 0.6 is 11.3 Å². The molecule has 0 radical (unpaired) electrons. The molecule has 4 heterocycles. The molecule has 5 nitrogen and oxygen atoms in total. The predicted octanol–water partition coefficient (Wildman–Crippen LogP) is 16.7. The van der Waals surface area contributed by atoms with E-state index in [9.17, 15) is 0 Å². The molecule has 0 saturated carbocycles. The Morgan fingerprint density at radius 2 is 0.862 bits per heavy atom. The Bertz CT molecular complexity index is 4270. The number of rotatable bonds is 5. The summed E-state index contributed by atoms with van der Waals surface area (Å²) in [6, 6.07) is 70.4. The summed E-state index contributed by atoms with van der Waals surface area (Å²) >= 11 is 1.85. The minimum Gasteiger partial charge on any atom is -0.456 e. The summed E-state index contributed by atoms with van der Waals surface area (Å²) < 4.78 is 15.6. The quantitative estimate of drug-likeness (QED) is 0.173. The molecule has 0 bridgehead atoms. The largest absolute Gasteiger partial charge is 0.456 e. The maximum absolute atomic E-state index is 6.70. The van der Waals surface area contributed by atoms with Gasteiger partial charge in [-0.05, 0) is 92.3 Å². The fourth-order valence-electron chi connectivity index (χ4n) is 9.88. The lowest BCUT2D eigenvalue weighted by Gasteiger charge is -2.13. The number of para-hydroxylation sites is 1. The van der Waals surface area contributed by atoms with Crippen LogP contribution in [-0.2, 0) is 0 Å². The smallest absolute Gasteiger partial charge is 0.164 e. The molecule has 14 rings (SSSR count). The van der Waals surface area contributed by atoms with Crippen molar-refractivity contribution in [3.05, 3.63) is 200 Å². The highest BCUT2D eigenvalue weighted by Crippen LogP contribution is 2.44. The number of aromatic nitrogens is 3. The molecule has 0 spiro atoms. The highest BCUT2D eigenvalue weighted by atomic mass is 32.1. The standard InChI is InChI=1S/C59H33N3O2S/c1-2-12-35-31-37(26-25-34(35)11-1)57-60-58(38-28-29-44-43-13-3-5-22-50(43)63-52(44)33-38)62-59(61-57)48-21-9-16-40-41(17-8-18-42(40)48)46-19-10-23-51-55(46)49-30-27-36(32-53(49)64-51)39-15-7-20-47-45-14-4-6-24-54(45)65-56(39)47/h1-33H. The lowest BCUT2D eigenvalue weighted by molar-refractivity contribution is 0.668. The average Bonchev–Trinajstić information content (AvgIpc) is 4.06. The van der Waals surface area contributed by atoms with Gasteiger partial charge in [0.15, 0.2) is 17.5 Å². The second kappa shape index (κ2) is 14.0. The Balaban J connectivity index is 0.926. The Hall–Kier alpha value is -8.45. The molecule has 0 aliphatic rings. The van der Waals surface area contributed by atoms with E-state index in [1.807, 2.05) is 35.6 Å². The summed E-state index contributed by atoms with van der Waals surface area (Å²) in [6.07, 6.45) is 0. The van der Waals surface area contributed by atoms with Gasteiger partial charge in [0.05, 0.1) is 0 Å². The monoisotopic (exact) mass is 847 g/mol. The van der Waals surface area contributed by atoms with Gasteiger partial charge in [-0.1, -0.05) is 152 Å². The molecule has 6 heteroatoms. The summed E-state index contributed by atoms with van der Waals surface area (Å²) in [5.41, 5.74) is 10.6. The van der Waals surface area contributed by atoms with Gasteiger partial charge in [0.2, 0.25) is 0 Å². The van der Waals surface area contributed by atoms with E-state index >= 15 is 0 Å². The molecule has 0 fully saturated rings. The maximum atomic E-state index is 6.70. The first-order valence-corrected chi connectivity index (χ1v) is 22.6. The predicted molar refractivity (Wildman–Crippen MR) is 269 cm³/mol. The summed E-state index contributed by atoms with van der Waals surface area (Å²) in [5.74, 6) is 1.77. The average molecular weight is 848 g/mol. The van der Waals surface area contributed by atoms with Gasteiger partial charge in [0.25, 0.3) is 0 Å². The minimum atomic E-state index is 0.575. The van der Waals surface area contributed by atoms with Crippen molar-refractivity contribution in [1.29, 1.82) is 0 Å². The molecule has 0 amide bonds. The molecule has 65 heavy (non-hydrogen) atoms. The van der Waals surface area contributed by atoms with Crippen LogP contribution < -0.4 is 0 Å². The molecule has 0 saturated heterocycles. The van der Waals surface area contributed by atoms with Crippen molar-refractivity contribution in [3.8, 4) is 56.4 Å². The van der Waals surface area contributed by atoms with E-state index in [-0.39, 0.29) is 0 Å². The van der Waals surface area contributed by atoms with Crippen LogP contribution in [0.5, 0.6) is 0 Å². The molecule has 302 valence electrons. The van der Waals surface area contributed by atoms with Gasteiger partial charge in [-0.3, -0.25) is 0 Å². The number of thiophene rings is 1. The van der Waals surface area contributed by atoms with Crippen molar-refractivity contribution in [2.45, 2.75) is 0 Å². The third-order valence-electron chi connectivity index (χ3n) is 12.9. The molecule has 0 aliphatic heterocycles. The van der Waals surface area contributed by atoms with Crippen LogP contribution in [0.2, 0.25) is 0 Å². The van der Waals surface area contributed by atoms with Gasteiger partial charge >= 0.3 is 0 Å². The first kappa shape index (κ1) is 36.1. The Labute approximate surface area is 375 Å². The van der Waals surface area contributed by atoms with E-state index in [2.05, 4.69) is 176 Å². The minimum absolute atomic E-state index is 0.575. The number of hydrogen-bond acceptors (Lipinski definition) is 6. The Morgan fingerprint density at radius 1 is 0.308 bits per heavy atom.